The van der Waals surface area contributed by atoms with Crippen LogP contribution in [0.4, 0.5) is 0 Å². The summed E-state index contributed by atoms with van der Waals surface area (Å²) in [6.45, 7) is 0.833. The molecular formula is C20H32N3O5PS. The molecule has 10 heteroatoms. The maximum Gasteiger partial charge on any atom is 0.373 e. The first-order chi connectivity index (χ1) is 14.3. The zero-order valence-electron chi connectivity index (χ0n) is 18.5. The Kier molecular flexibility index (Phi) is 9.25. The van der Waals surface area contributed by atoms with E-state index in [0.29, 0.717) is 12.2 Å². The average Bonchev–Trinajstić information content (AvgIpc) is 3.12. The molecule has 0 bridgehead atoms. The number of carbonyl (C=O) groups excluding carboxylic acids is 1. The van der Waals surface area contributed by atoms with Crippen molar-refractivity contribution in [2.75, 3.05) is 54.0 Å². The van der Waals surface area contributed by atoms with E-state index in [2.05, 4.69) is 9.99 Å². The molecule has 1 heterocycles. The lowest BCUT2D eigenvalue weighted by molar-refractivity contribution is -0.142. The topological polar surface area (TPSA) is 82.0 Å². The van der Waals surface area contributed by atoms with Gasteiger partial charge < -0.3 is 18.9 Å². The maximum atomic E-state index is 13.9. The molecule has 0 fully saturated rings. The summed E-state index contributed by atoms with van der Waals surface area (Å²) in [5.41, 5.74) is 1.77. The van der Waals surface area contributed by atoms with Crippen molar-refractivity contribution in [3.8, 4) is 5.75 Å². The molecular weight excluding hydrogens is 425 g/mol. The molecule has 2 aromatic rings. The second-order valence-electron chi connectivity index (χ2n) is 7.12. The molecule has 1 aromatic heterocycles. The van der Waals surface area contributed by atoms with Gasteiger partial charge in [-0.15, -0.1) is 0 Å². The number of fused-ring (bicyclic) bond motifs is 1. The summed E-state index contributed by atoms with van der Waals surface area (Å²) in [5.74, 6) is 0.972. The molecule has 0 saturated carbocycles. The molecule has 2 rings (SSSR count). The highest BCUT2D eigenvalue weighted by atomic mass is 32.2. The number of ether oxygens (including phenoxy) is 2. The van der Waals surface area contributed by atoms with Gasteiger partial charge in [0, 0.05) is 25.2 Å². The zero-order valence-corrected chi connectivity index (χ0v) is 20.2. The van der Waals surface area contributed by atoms with Gasteiger partial charge in [0.15, 0.2) is 0 Å². The predicted molar refractivity (Wildman–Crippen MR) is 123 cm³/mol. The van der Waals surface area contributed by atoms with Crippen LogP contribution >= 0.6 is 19.4 Å². The lowest BCUT2D eigenvalue weighted by Gasteiger charge is -2.24. The molecule has 168 valence electrons. The van der Waals surface area contributed by atoms with Gasteiger partial charge in [-0.3, -0.25) is 9.13 Å². The van der Waals surface area contributed by atoms with Gasteiger partial charge in [0.05, 0.1) is 19.7 Å². The summed E-state index contributed by atoms with van der Waals surface area (Å²) in [6, 6.07) is 4.87. The van der Waals surface area contributed by atoms with Crippen molar-refractivity contribution in [3.05, 3.63) is 30.0 Å². The summed E-state index contributed by atoms with van der Waals surface area (Å²) in [6.07, 6.45) is 5.03. The molecule has 0 aliphatic rings. The maximum absolute atomic E-state index is 13.9. The molecule has 0 aliphatic heterocycles. The van der Waals surface area contributed by atoms with E-state index in [-0.39, 0.29) is 0 Å². The molecule has 0 amide bonds. The van der Waals surface area contributed by atoms with E-state index in [0.717, 1.165) is 35.2 Å². The lowest BCUT2D eigenvalue weighted by Crippen LogP contribution is -2.37. The van der Waals surface area contributed by atoms with Crippen molar-refractivity contribution < 1.29 is 23.4 Å². The second-order valence-corrected chi connectivity index (χ2v) is 10.2. The first-order valence-corrected chi connectivity index (χ1v) is 12.6. The van der Waals surface area contributed by atoms with Crippen molar-refractivity contribution in [2.45, 2.75) is 18.9 Å². The minimum atomic E-state index is -3.61. The minimum Gasteiger partial charge on any atom is -0.497 e. The van der Waals surface area contributed by atoms with E-state index < -0.39 is 19.7 Å². The average molecular weight is 458 g/mol. The monoisotopic (exact) mass is 457 g/mol. The van der Waals surface area contributed by atoms with Gasteiger partial charge in [-0.2, -0.15) is 11.8 Å². The molecule has 1 aromatic carbocycles. The van der Waals surface area contributed by atoms with Crippen LogP contribution in [0.25, 0.3) is 10.9 Å². The van der Waals surface area contributed by atoms with E-state index >= 15 is 0 Å². The zero-order chi connectivity index (χ0) is 22.3. The van der Waals surface area contributed by atoms with Crippen LogP contribution in [0.1, 0.15) is 12.0 Å². The molecule has 0 saturated heterocycles. The first kappa shape index (κ1) is 24.8. The van der Waals surface area contributed by atoms with Gasteiger partial charge >= 0.3 is 13.6 Å². The summed E-state index contributed by atoms with van der Waals surface area (Å²) in [7, 11) is 4.73. The fourth-order valence-electron chi connectivity index (χ4n) is 3.16. The van der Waals surface area contributed by atoms with Crippen LogP contribution in [0.15, 0.2) is 24.4 Å². The van der Waals surface area contributed by atoms with Gasteiger partial charge in [0.2, 0.25) is 0 Å². The first-order valence-electron chi connectivity index (χ1n) is 9.63. The van der Waals surface area contributed by atoms with Crippen LogP contribution in [0.2, 0.25) is 0 Å². The van der Waals surface area contributed by atoms with E-state index in [9.17, 15) is 9.36 Å². The Labute approximate surface area is 182 Å². The second kappa shape index (κ2) is 11.2. The molecule has 1 N–H and O–H groups in total. The van der Waals surface area contributed by atoms with E-state index in [4.69, 9.17) is 14.0 Å². The number of nitrogens with zero attached hydrogens (tertiary/aromatic N) is 2. The van der Waals surface area contributed by atoms with Crippen molar-refractivity contribution >= 4 is 36.3 Å². The normalized spacial score (nSPS) is 14.6. The third-order valence-electron chi connectivity index (χ3n) is 4.85. The lowest BCUT2D eigenvalue weighted by atomic mass is 10.1. The summed E-state index contributed by atoms with van der Waals surface area (Å²) >= 11 is 1.60. The number of carbonyl (C=O) groups is 1. The summed E-state index contributed by atoms with van der Waals surface area (Å²) in [5, 5.41) is 3.89. The molecule has 2 unspecified atom stereocenters. The standard InChI is InChI=1S/C20H32N3O5PS/c1-22(2)11-9-15-14-23(19-8-7-16(26-3)13-17(15)19)29(25,28-5)21-18(10-12-30-6)20(24)27-4/h7-8,13-14,18H,9-12H2,1-6H3,(H,21,25). The molecule has 0 radical (unpaired) electrons. The number of hydrogen-bond acceptors (Lipinski definition) is 7. The number of methoxy groups -OCH3 is 2. The van der Waals surface area contributed by atoms with Crippen LogP contribution in [0.3, 0.4) is 0 Å². The Bertz CT molecular complexity index is 902. The number of rotatable bonds is 12. The number of nitrogens with one attached hydrogen (secondary N) is 1. The van der Waals surface area contributed by atoms with Crippen molar-refractivity contribution in [1.29, 1.82) is 0 Å². The van der Waals surface area contributed by atoms with E-state index in [1.165, 1.54) is 14.2 Å². The fourth-order valence-corrected chi connectivity index (χ4v) is 5.41. The van der Waals surface area contributed by atoms with Gasteiger partial charge in [0.25, 0.3) is 0 Å². The van der Waals surface area contributed by atoms with Crippen LogP contribution in [-0.4, -0.2) is 75.2 Å². The van der Waals surface area contributed by atoms with Crippen LogP contribution in [0, 0.1) is 0 Å². The number of hydrogen-bond donors (Lipinski definition) is 1. The predicted octanol–water partition coefficient (Wildman–Crippen LogP) is 3.24. The quantitative estimate of drug-likeness (QED) is 0.384. The van der Waals surface area contributed by atoms with Gasteiger partial charge in [-0.1, -0.05) is 0 Å². The minimum absolute atomic E-state index is 0.465. The number of benzene rings is 1. The van der Waals surface area contributed by atoms with E-state index in [1.54, 1.807) is 23.2 Å². The number of thioether (sulfide) groups is 1. The number of aromatic nitrogens is 1. The smallest absolute Gasteiger partial charge is 0.373 e. The van der Waals surface area contributed by atoms with Gasteiger partial charge in [-0.25, -0.2) is 9.65 Å². The number of esters is 1. The Morgan fingerprint density at radius 2 is 2.03 bits per heavy atom. The highest BCUT2D eigenvalue weighted by Gasteiger charge is 2.33. The number of likely N-dealkylation sites (N-methyl/N-ethyl adjacent to an activating group) is 1. The Hall–Kier alpha value is -1.51. The summed E-state index contributed by atoms with van der Waals surface area (Å²) < 4.78 is 31.3. The highest BCUT2D eigenvalue weighted by molar-refractivity contribution is 7.98. The van der Waals surface area contributed by atoms with Gasteiger partial charge in [0.1, 0.15) is 11.8 Å². The van der Waals surface area contributed by atoms with Crippen molar-refractivity contribution in [2.24, 2.45) is 0 Å². The highest BCUT2D eigenvalue weighted by Crippen LogP contribution is 2.48. The Balaban J connectivity index is 2.52. The third kappa shape index (κ3) is 5.80. The van der Waals surface area contributed by atoms with Crippen molar-refractivity contribution in [3.63, 3.8) is 0 Å². The van der Waals surface area contributed by atoms with Crippen LogP contribution < -0.4 is 9.82 Å². The van der Waals surface area contributed by atoms with Crippen molar-refractivity contribution in [1.82, 2.24) is 14.3 Å². The Morgan fingerprint density at radius 1 is 1.30 bits per heavy atom. The van der Waals surface area contributed by atoms with Gasteiger partial charge in [-0.05, 0) is 62.7 Å². The molecule has 30 heavy (non-hydrogen) atoms. The molecule has 8 nitrogen and oxygen atoms in total. The fraction of sp³-hybridized carbons (Fsp3) is 0.550. The largest absolute Gasteiger partial charge is 0.497 e. The Morgan fingerprint density at radius 3 is 2.60 bits per heavy atom. The third-order valence-corrected chi connectivity index (χ3v) is 7.52. The van der Waals surface area contributed by atoms with Crippen LogP contribution in [-0.2, 0) is 25.0 Å². The SMILES string of the molecule is COC(=O)C(CCSC)NP(=O)(OC)n1cc(CCN(C)C)c2cc(OC)ccc21. The van der Waals surface area contributed by atoms with Crippen LogP contribution in [0.5, 0.6) is 5.75 Å². The van der Waals surface area contributed by atoms with E-state index in [1.807, 2.05) is 44.7 Å². The molecule has 0 aliphatic carbocycles. The molecule has 0 spiro atoms. The summed E-state index contributed by atoms with van der Waals surface area (Å²) in [4.78, 5) is 14.4. The molecule has 2 atom stereocenters.